The molecule has 0 saturated heterocycles. The quantitative estimate of drug-likeness (QED) is 0.319. The van der Waals surface area contributed by atoms with E-state index < -0.39 is 0 Å². The van der Waals surface area contributed by atoms with Crippen LogP contribution in [0.2, 0.25) is 0 Å². The van der Waals surface area contributed by atoms with Gasteiger partial charge in [-0.3, -0.25) is 0 Å². The van der Waals surface area contributed by atoms with E-state index in [2.05, 4.69) is 44.1 Å². The number of anilines is 2. The monoisotopic (exact) mass is 524 g/mol. The molecular formula is C31H36N6O2. The largest absolute Gasteiger partial charge is 0.445 e. The van der Waals surface area contributed by atoms with Crippen LogP contribution in [-0.4, -0.2) is 35.2 Å². The summed E-state index contributed by atoms with van der Waals surface area (Å²) in [6.45, 7) is 1.74. The maximum Gasteiger partial charge on any atom is 0.407 e. The molecular weight excluding hydrogens is 488 g/mol. The molecule has 1 aromatic heterocycles. The Morgan fingerprint density at radius 3 is 2.36 bits per heavy atom. The molecule has 0 aliphatic heterocycles. The van der Waals surface area contributed by atoms with E-state index in [1.807, 2.05) is 48.5 Å². The first-order chi connectivity index (χ1) is 19.2. The van der Waals surface area contributed by atoms with Gasteiger partial charge in [0, 0.05) is 19.1 Å². The fraction of sp³-hybridized carbons (Fsp3) is 0.419. The predicted octanol–water partition coefficient (Wildman–Crippen LogP) is 5.54. The second-order valence-electron chi connectivity index (χ2n) is 10.6. The Bertz CT molecular complexity index is 1250. The molecule has 2 saturated carbocycles. The zero-order valence-corrected chi connectivity index (χ0v) is 22.2. The zero-order chi connectivity index (χ0) is 26.9. The summed E-state index contributed by atoms with van der Waals surface area (Å²) in [7, 11) is 0. The van der Waals surface area contributed by atoms with E-state index in [1.54, 1.807) is 6.20 Å². The fourth-order valence-corrected chi connectivity index (χ4v) is 6.06. The number of nitrogens with zero attached hydrogens (tertiary/aromatic N) is 3. The van der Waals surface area contributed by atoms with Crippen LogP contribution in [0.5, 0.6) is 0 Å². The highest BCUT2D eigenvalue weighted by Gasteiger charge is 2.41. The van der Waals surface area contributed by atoms with E-state index in [1.165, 1.54) is 12.0 Å². The number of aromatic nitrogens is 2. The Hall–Kier alpha value is -4.12. The number of hydrogen-bond donors (Lipinski definition) is 3. The standard InChI is InChI=1S/C31H36N6O2/c32-18-27-20-35-30(33-15-14-22-8-3-1-4-9-22)37-29(27)34-19-24-16-25-12-7-13-26(17-24)28(25)36-31(38)39-21-23-10-5-2-6-11-23/h1-6,8-11,20,24-26,28H,7,12-17,19,21H2,(H,36,38)(H2,33,34,35,37)/t24?,25-,26+,28?. The van der Waals surface area contributed by atoms with Crippen molar-refractivity contribution >= 4 is 17.9 Å². The minimum absolute atomic E-state index is 0.160. The molecule has 2 aromatic carbocycles. The molecule has 5 rings (SSSR count). The van der Waals surface area contributed by atoms with Crippen molar-refractivity contribution in [3.05, 3.63) is 83.6 Å². The zero-order valence-electron chi connectivity index (χ0n) is 22.2. The Morgan fingerprint density at radius 2 is 1.67 bits per heavy atom. The molecule has 39 heavy (non-hydrogen) atoms. The van der Waals surface area contributed by atoms with Crippen molar-refractivity contribution in [3.8, 4) is 6.07 Å². The van der Waals surface area contributed by atoms with E-state index in [9.17, 15) is 10.1 Å². The highest BCUT2D eigenvalue weighted by Crippen LogP contribution is 2.43. The van der Waals surface area contributed by atoms with Crippen LogP contribution in [-0.2, 0) is 17.8 Å². The summed E-state index contributed by atoms with van der Waals surface area (Å²) in [5.41, 5.74) is 2.68. The van der Waals surface area contributed by atoms with E-state index >= 15 is 0 Å². The van der Waals surface area contributed by atoms with Crippen LogP contribution in [0.3, 0.4) is 0 Å². The van der Waals surface area contributed by atoms with E-state index in [0.29, 0.717) is 41.6 Å². The number of carbonyl (C=O) groups is 1. The number of nitriles is 1. The summed E-state index contributed by atoms with van der Waals surface area (Å²) < 4.78 is 5.50. The summed E-state index contributed by atoms with van der Waals surface area (Å²) in [6, 6.07) is 22.4. The summed E-state index contributed by atoms with van der Waals surface area (Å²) in [5.74, 6) is 2.42. The van der Waals surface area contributed by atoms with Gasteiger partial charge in [0.15, 0.2) is 0 Å². The van der Waals surface area contributed by atoms with Gasteiger partial charge in [-0.1, -0.05) is 67.1 Å². The van der Waals surface area contributed by atoms with Crippen molar-refractivity contribution in [1.29, 1.82) is 5.26 Å². The number of ether oxygens (including phenoxy) is 1. The topological polar surface area (TPSA) is 112 Å². The van der Waals surface area contributed by atoms with Gasteiger partial charge < -0.3 is 20.7 Å². The normalized spacial score (nSPS) is 21.8. The third-order valence-electron chi connectivity index (χ3n) is 7.94. The first kappa shape index (κ1) is 26.5. The van der Waals surface area contributed by atoms with Gasteiger partial charge in [0.25, 0.3) is 0 Å². The number of nitrogens with one attached hydrogen (secondary N) is 3. The Kier molecular flexibility index (Phi) is 8.90. The molecule has 1 heterocycles. The lowest BCUT2D eigenvalue weighted by Crippen LogP contribution is -2.52. The lowest BCUT2D eigenvalue weighted by molar-refractivity contribution is 0.0732. The molecule has 2 bridgehead atoms. The molecule has 1 amide bonds. The van der Waals surface area contributed by atoms with Gasteiger partial charge in [0.05, 0.1) is 6.20 Å². The van der Waals surface area contributed by atoms with Gasteiger partial charge in [-0.15, -0.1) is 0 Å². The van der Waals surface area contributed by atoms with Crippen LogP contribution >= 0.6 is 0 Å². The van der Waals surface area contributed by atoms with Gasteiger partial charge in [-0.05, 0) is 61.0 Å². The number of fused-ring (bicyclic) bond motifs is 2. The van der Waals surface area contributed by atoms with E-state index in [-0.39, 0.29) is 18.7 Å². The summed E-state index contributed by atoms with van der Waals surface area (Å²) in [6.07, 6.45) is 7.61. The van der Waals surface area contributed by atoms with Crippen LogP contribution in [0.15, 0.2) is 66.9 Å². The van der Waals surface area contributed by atoms with Crippen LogP contribution in [0, 0.1) is 29.1 Å². The van der Waals surface area contributed by atoms with Crippen LogP contribution in [0.4, 0.5) is 16.6 Å². The molecule has 2 fully saturated rings. The molecule has 8 nitrogen and oxygen atoms in total. The third kappa shape index (κ3) is 7.26. The van der Waals surface area contributed by atoms with Gasteiger partial charge in [0.2, 0.25) is 5.95 Å². The second-order valence-corrected chi connectivity index (χ2v) is 10.6. The second kappa shape index (κ2) is 13.1. The number of amides is 1. The SMILES string of the molecule is N#Cc1cnc(NCCc2ccccc2)nc1NCC1C[C@H]2CCC[C@@H](C1)C2NC(=O)OCc1ccccc1. The summed E-state index contributed by atoms with van der Waals surface area (Å²) in [4.78, 5) is 21.5. The van der Waals surface area contributed by atoms with Crippen molar-refractivity contribution in [2.45, 2.75) is 51.2 Å². The molecule has 2 aliphatic rings. The summed E-state index contributed by atoms with van der Waals surface area (Å²) in [5, 5.41) is 19.5. The van der Waals surface area contributed by atoms with Crippen molar-refractivity contribution in [1.82, 2.24) is 15.3 Å². The minimum atomic E-state index is -0.329. The smallest absolute Gasteiger partial charge is 0.407 e. The lowest BCUT2D eigenvalue weighted by Gasteiger charge is -2.46. The highest BCUT2D eigenvalue weighted by molar-refractivity contribution is 5.67. The van der Waals surface area contributed by atoms with Gasteiger partial charge in [-0.2, -0.15) is 10.2 Å². The molecule has 202 valence electrons. The van der Waals surface area contributed by atoms with Crippen molar-refractivity contribution < 1.29 is 9.53 Å². The summed E-state index contributed by atoms with van der Waals surface area (Å²) >= 11 is 0. The number of alkyl carbamates (subject to hydrolysis) is 1. The van der Waals surface area contributed by atoms with Gasteiger partial charge in [0.1, 0.15) is 24.1 Å². The maximum atomic E-state index is 12.6. The van der Waals surface area contributed by atoms with Crippen molar-refractivity contribution in [2.24, 2.45) is 17.8 Å². The molecule has 0 spiro atoms. The highest BCUT2D eigenvalue weighted by atomic mass is 16.5. The Balaban J connectivity index is 1.12. The molecule has 3 aromatic rings. The van der Waals surface area contributed by atoms with Crippen molar-refractivity contribution in [3.63, 3.8) is 0 Å². The molecule has 3 N–H and O–H groups in total. The van der Waals surface area contributed by atoms with Gasteiger partial charge >= 0.3 is 6.09 Å². The molecule has 0 radical (unpaired) electrons. The average Bonchev–Trinajstić information content (AvgIpc) is 2.96. The third-order valence-corrected chi connectivity index (χ3v) is 7.94. The Morgan fingerprint density at radius 1 is 0.974 bits per heavy atom. The molecule has 4 atom stereocenters. The molecule has 8 heteroatoms. The first-order valence-corrected chi connectivity index (χ1v) is 13.9. The van der Waals surface area contributed by atoms with Crippen LogP contribution in [0.1, 0.15) is 48.8 Å². The van der Waals surface area contributed by atoms with Crippen molar-refractivity contribution in [2.75, 3.05) is 23.7 Å². The number of carbonyl (C=O) groups excluding carboxylic acids is 1. The predicted molar refractivity (Wildman–Crippen MR) is 151 cm³/mol. The first-order valence-electron chi connectivity index (χ1n) is 13.9. The molecule has 2 aliphatic carbocycles. The number of benzene rings is 2. The maximum absolute atomic E-state index is 12.6. The number of rotatable bonds is 10. The molecule has 2 unspecified atom stereocenters. The Labute approximate surface area is 230 Å². The minimum Gasteiger partial charge on any atom is -0.445 e. The average molecular weight is 525 g/mol. The van der Waals surface area contributed by atoms with Gasteiger partial charge in [-0.25, -0.2) is 9.78 Å². The lowest BCUT2D eigenvalue weighted by atomic mass is 9.64. The number of hydrogen-bond acceptors (Lipinski definition) is 7. The van der Waals surface area contributed by atoms with E-state index in [0.717, 1.165) is 44.2 Å². The van der Waals surface area contributed by atoms with E-state index in [4.69, 9.17) is 4.74 Å². The van der Waals surface area contributed by atoms with Crippen LogP contribution < -0.4 is 16.0 Å². The van der Waals surface area contributed by atoms with Crippen LogP contribution in [0.25, 0.3) is 0 Å². The fourth-order valence-electron chi connectivity index (χ4n) is 6.06.